The van der Waals surface area contributed by atoms with Crippen molar-refractivity contribution in [1.29, 1.82) is 0 Å². The smallest absolute Gasteiger partial charge is 0.324 e. The topological polar surface area (TPSA) is 46.5 Å². The van der Waals surface area contributed by atoms with Crippen LogP contribution < -0.4 is 0 Å². The Bertz CT molecular complexity index is 307. The molecule has 0 bridgehead atoms. The molecule has 3 nitrogen and oxygen atoms in total. The lowest BCUT2D eigenvalue weighted by molar-refractivity contribution is 0.246. The molecule has 0 amide bonds. The molecule has 24 heavy (non-hydrogen) atoms. The minimum Gasteiger partial charge on any atom is -0.324 e. The molecule has 0 spiro atoms. The van der Waals surface area contributed by atoms with Gasteiger partial charge in [-0.05, 0) is 18.8 Å². The fraction of sp³-hybridized carbons (Fsp3) is 1.00. The van der Waals surface area contributed by atoms with Crippen LogP contribution >= 0.6 is 7.60 Å². The molecule has 0 rings (SSSR count). The van der Waals surface area contributed by atoms with Gasteiger partial charge >= 0.3 is 7.60 Å². The van der Waals surface area contributed by atoms with Gasteiger partial charge in [-0.15, -0.1) is 0 Å². The number of rotatable bonds is 18. The highest BCUT2D eigenvalue weighted by Crippen LogP contribution is 2.45. The van der Waals surface area contributed by atoms with Gasteiger partial charge in [0.05, 0.1) is 12.8 Å². The van der Waals surface area contributed by atoms with Crippen molar-refractivity contribution in [2.45, 2.75) is 111 Å². The molecule has 0 aromatic rings. The van der Waals surface area contributed by atoms with Crippen LogP contribution in [0.15, 0.2) is 0 Å². The molecule has 2 unspecified atom stereocenters. The second-order valence-electron chi connectivity index (χ2n) is 7.25. The molecule has 0 aromatic heterocycles. The molecule has 4 heteroatoms. The molecule has 2 atom stereocenters. The zero-order chi connectivity index (χ0) is 18.1. The van der Waals surface area contributed by atoms with E-state index in [1.165, 1.54) is 51.4 Å². The second kappa shape index (κ2) is 16.6. The SMILES string of the molecule is CCCCCCCCCCCCOP(=O)(O)CC(CC)CCCC. The van der Waals surface area contributed by atoms with Gasteiger partial charge in [-0.2, -0.15) is 0 Å². The Kier molecular flexibility index (Phi) is 16.7. The lowest BCUT2D eigenvalue weighted by Crippen LogP contribution is -2.08. The van der Waals surface area contributed by atoms with Gasteiger partial charge in [-0.25, -0.2) is 0 Å². The van der Waals surface area contributed by atoms with Crippen molar-refractivity contribution in [2.24, 2.45) is 5.92 Å². The summed E-state index contributed by atoms with van der Waals surface area (Å²) in [5, 5.41) is 0. The Hall–Kier alpha value is 0.150. The Morgan fingerprint density at radius 2 is 1.29 bits per heavy atom. The minimum atomic E-state index is -3.38. The van der Waals surface area contributed by atoms with Crippen LogP contribution in [0.5, 0.6) is 0 Å². The van der Waals surface area contributed by atoms with E-state index < -0.39 is 7.60 Å². The monoisotopic (exact) mass is 362 g/mol. The molecule has 146 valence electrons. The molecular formula is C20H43O3P. The molecule has 0 aliphatic heterocycles. The van der Waals surface area contributed by atoms with Gasteiger partial charge in [0.2, 0.25) is 0 Å². The number of unbranched alkanes of at least 4 members (excludes halogenated alkanes) is 10. The lowest BCUT2D eigenvalue weighted by Gasteiger charge is -2.18. The van der Waals surface area contributed by atoms with Crippen molar-refractivity contribution in [3.05, 3.63) is 0 Å². The van der Waals surface area contributed by atoms with E-state index in [4.69, 9.17) is 4.52 Å². The predicted molar refractivity (Wildman–Crippen MR) is 106 cm³/mol. The number of hydrogen-bond acceptors (Lipinski definition) is 2. The van der Waals surface area contributed by atoms with Crippen LogP contribution in [-0.4, -0.2) is 17.7 Å². The fourth-order valence-corrected chi connectivity index (χ4v) is 4.71. The third kappa shape index (κ3) is 15.7. The van der Waals surface area contributed by atoms with Gasteiger partial charge in [0.1, 0.15) is 0 Å². The van der Waals surface area contributed by atoms with E-state index >= 15 is 0 Å². The summed E-state index contributed by atoms with van der Waals surface area (Å²) < 4.78 is 17.5. The Morgan fingerprint density at radius 1 is 0.792 bits per heavy atom. The standard InChI is InChI=1S/C20H43O3P/c1-4-7-9-10-11-12-13-14-15-16-18-23-24(21,22)19-20(6-3)17-8-5-2/h20H,4-19H2,1-3H3,(H,21,22). The van der Waals surface area contributed by atoms with Gasteiger partial charge in [0.25, 0.3) is 0 Å². The molecular weight excluding hydrogens is 319 g/mol. The quantitative estimate of drug-likeness (QED) is 0.205. The van der Waals surface area contributed by atoms with Crippen LogP contribution in [0.1, 0.15) is 111 Å². The molecule has 0 saturated heterocycles. The second-order valence-corrected chi connectivity index (χ2v) is 9.15. The summed E-state index contributed by atoms with van der Waals surface area (Å²) in [6.07, 6.45) is 17.3. The number of hydrogen-bond donors (Lipinski definition) is 1. The largest absolute Gasteiger partial charge is 0.328 e. The summed E-state index contributed by atoms with van der Waals surface area (Å²) in [5.74, 6) is 0.327. The summed E-state index contributed by atoms with van der Waals surface area (Å²) in [4.78, 5) is 9.99. The third-order valence-electron chi connectivity index (χ3n) is 4.82. The predicted octanol–water partition coefficient (Wildman–Crippen LogP) is 7.33. The molecule has 0 saturated carbocycles. The van der Waals surface area contributed by atoms with E-state index in [-0.39, 0.29) is 0 Å². The van der Waals surface area contributed by atoms with Crippen LogP contribution in [0.4, 0.5) is 0 Å². The zero-order valence-electron chi connectivity index (χ0n) is 16.6. The average molecular weight is 363 g/mol. The first-order valence-electron chi connectivity index (χ1n) is 10.5. The molecule has 0 heterocycles. The summed E-state index contributed by atoms with van der Waals surface area (Å²) in [7, 11) is -3.38. The van der Waals surface area contributed by atoms with E-state index in [0.717, 1.165) is 38.5 Å². The maximum Gasteiger partial charge on any atom is 0.328 e. The minimum absolute atomic E-state index is 0.327. The first-order valence-corrected chi connectivity index (χ1v) is 12.3. The van der Waals surface area contributed by atoms with Gasteiger partial charge < -0.3 is 9.42 Å². The molecule has 0 aromatic carbocycles. The summed E-state index contributed by atoms with van der Waals surface area (Å²) >= 11 is 0. The summed E-state index contributed by atoms with van der Waals surface area (Å²) in [5.41, 5.74) is 0. The molecule has 1 N–H and O–H groups in total. The van der Waals surface area contributed by atoms with Gasteiger partial charge in [-0.1, -0.05) is 97.8 Å². The average Bonchev–Trinajstić information content (AvgIpc) is 2.56. The van der Waals surface area contributed by atoms with Crippen molar-refractivity contribution >= 4 is 7.60 Å². The molecule has 0 radical (unpaired) electrons. The fourth-order valence-electron chi connectivity index (χ4n) is 3.09. The molecule has 0 aliphatic rings. The van der Waals surface area contributed by atoms with Crippen LogP contribution in [-0.2, 0) is 9.09 Å². The first-order chi connectivity index (χ1) is 11.6. The van der Waals surface area contributed by atoms with E-state index in [0.29, 0.717) is 18.7 Å². The highest BCUT2D eigenvalue weighted by molar-refractivity contribution is 7.52. The van der Waals surface area contributed by atoms with Crippen molar-refractivity contribution in [3.63, 3.8) is 0 Å². The van der Waals surface area contributed by atoms with E-state index in [1.54, 1.807) is 0 Å². The van der Waals surface area contributed by atoms with Crippen LogP contribution in [0.3, 0.4) is 0 Å². The van der Waals surface area contributed by atoms with Gasteiger partial charge in [0.15, 0.2) is 0 Å². The van der Waals surface area contributed by atoms with E-state index in [9.17, 15) is 9.46 Å². The maximum atomic E-state index is 12.1. The van der Waals surface area contributed by atoms with Crippen LogP contribution in [0.2, 0.25) is 0 Å². The van der Waals surface area contributed by atoms with E-state index in [2.05, 4.69) is 20.8 Å². The maximum absolute atomic E-state index is 12.1. The highest BCUT2D eigenvalue weighted by Gasteiger charge is 2.23. The Morgan fingerprint density at radius 3 is 1.79 bits per heavy atom. The molecule has 0 aliphatic carbocycles. The van der Waals surface area contributed by atoms with Crippen molar-refractivity contribution in [2.75, 3.05) is 12.8 Å². The van der Waals surface area contributed by atoms with Crippen molar-refractivity contribution in [3.8, 4) is 0 Å². The Labute approximate surface area is 151 Å². The van der Waals surface area contributed by atoms with Crippen molar-refractivity contribution in [1.82, 2.24) is 0 Å². The zero-order valence-corrected chi connectivity index (χ0v) is 17.5. The van der Waals surface area contributed by atoms with Gasteiger partial charge in [0, 0.05) is 0 Å². The summed E-state index contributed by atoms with van der Waals surface area (Å²) in [6.45, 7) is 6.95. The highest BCUT2D eigenvalue weighted by atomic mass is 31.2. The summed E-state index contributed by atoms with van der Waals surface area (Å²) in [6, 6.07) is 0. The lowest BCUT2D eigenvalue weighted by atomic mass is 10.0. The van der Waals surface area contributed by atoms with Crippen LogP contribution in [0, 0.1) is 5.92 Å². The van der Waals surface area contributed by atoms with E-state index in [1.807, 2.05) is 0 Å². The van der Waals surface area contributed by atoms with Gasteiger partial charge in [-0.3, -0.25) is 4.57 Å². The first kappa shape index (κ1) is 24.1. The van der Waals surface area contributed by atoms with Crippen molar-refractivity contribution < 1.29 is 14.0 Å². The normalized spacial score (nSPS) is 15.3. The molecule has 0 fully saturated rings. The van der Waals surface area contributed by atoms with Crippen LogP contribution in [0.25, 0.3) is 0 Å². The third-order valence-corrected chi connectivity index (χ3v) is 6.39. The Balaban J connectivity index is 3.55.